The molecule has 0 aliphatic rings. The van der Waals surface area contributed by atoms with E-state index in [-0.39, 0.29) is 0 Å². The second-order valence-electron chi connectivity index (χ2n) is 3.98. The van der Waals surface area contributed by atoms with E-state index in [9.17, 15) is 0 Å². The second kappa shape index (κ2) is 6.00. The minimum atomic E-state index is 0.775. The van der Waals surface area contributed by atoms with E-state index in [0.29, 0.717) is 0 Å². The molecule has 0 bridgehead atoms. The van der Waals surface area contributed by atoms with Crippen molar-refractivity contribution in [3.05, 3.63) is 47.9 Å². The van der Waals surface area contributed by atoms with Crippen molar-refractivity contribution in [2.45, 2.75) is 13.3 Å². The highest BCUT2D eigenvalue weighted by Gasteiger charge is 2.01. The van der Waals surface area contributed by atoms with E-state index in [0.717, 1.165) is 30.4 Å². The van der Waals surface area contributed by atoms with Crippen molar-refractivity contribution in [1.82, 2.24) is 9.97 Å². The van der Waals surface area contributed by atoms with Gasteiger partial charge in [0.05, 0.1) is 7.11 Å². The highest BCUT2D eigenvalue weighted by atomic mass is 16.5. The van der Waals surface area contributed by atoms with Gasteiger partial charge in [-0.15, -0.1) is 0 Å². The summed E-state index contributed by atoms with van der Waals surface area (Å²) >= 11 is 0. The summed E-state index contributed by atoms with van der Waals surface area (Å²) in [5, 5.41) is 3.28. The Bertz CT molecular complexity index is 514. The summed E-state index contributed by atoms with van der Waals surface area (Å²) in [5.41, 5.74) is 1.19. The Hall–Kier alpha value is -2.10. The molecule has 0 spiro atoms. The van der Waals surface area contributed by atoms with Crippen molar-refractivity contribution in [2.24, 2.45) is 0 Å². The molecule has 0 saturated heterocycles. The van der Waals surface area contributed by atoms with E-state index >= 15 is 0 Å². The number of benzene rings is 1. The summed E-state index contributed by atoms with van der Waals surface area (Å²) in [6, 6.07) is 9.92. The standard InChI is InChI=1S/C14H17N3O/c1-11-15-10-8-14(17-11)16-9-7-12-5-3-4-6-13(12)18-2/h3-6,8,10H,7,9H2,1-2H3,(H,15,16,17). The van der Waals surface area contributed by atoms with Crippen molar-refractivity contribution in [3.63, 3.8) is 0 Å². The highest BCUT2D eigenvalue weighted by molar-refractivity contribution is 5.36. The summed E-state index contributed by atoms with van der Waals surface area (Å²) in [6.45, 7) is 2.70. The SMILES string of the molecule is COc1ccccc1CCNc1ccnc(C)n1. The highest BCUT2D eigenvalue weighted by Crippen LogP contribution is 2.17. The van der Waals surface area contributed by atoms with Crippen LogP contribution in [-0.2, 0) is 6.42 Å². The van der Waals surface area contributed by atoms with Crippen LogP contribution in [0.4, 0.5) is 5.82 Å². The van der Waals surface area contributed by atoms with Crippen molar-refractivity contribution in [2.75, 3.05) is 19.0 Å². The van der Waals surface area contributed by atoms with Gasteiger partial charge in [-0.05, 0) is 31.0 Å². The molecule has 0 unspecified atom stereocenters. The number of ether oxygens (including phenoxy) is 1. The van der Waals surface area contributed by atoms with Crippen LogP contribution in [-0.4, -0.2) is 23.6 Å². The summed E-state index contributed by atoms with van der Waals surface area (Å²) in [7, 11) is 1.69. The van der Waals surface area contributed by atoms with E-state index in [1.165, 1.54) is 5.56 Å². The molecule has 0 aliphatic heterocycles. The zero-order valence-electron chi connectivity index (χ0n) is 10.7. The first-order chi connectivity index (χ1) is 8.79. The van der Waals surface area contributed by atoms with Gasteiger partial charge >= 0.3 is 0 Å². The predicted molar refractivity (Wildman–Crippen MR) is 72.0 cm³/mol. The van der Waals surface area contributed by atoms with Gasteiger partial charge in [0.1, 0.15) is 17.4 Å². The normalized spacial score (nSPS) is 10.1. The molecule has 0 atom stereocenters. The van der Waals surface area contributed by atoms with Crippen LogP contribution in [0.3, 0.4) is 0 Å². The van der Waals surface area contributed by atoms with Crippen LogP contribution in [0, 0.1) is 6.92 Å². The molecule has 0 saturated carbocycles. The largest absolute Gasteiger partial charge is 0.496 e. The number of rotatable bonds is 5. The van der Waals surface area contributed by atoms with Gasteiger partial charge < -0.3 is 10.1 Å². The Kier molecular flexibility index (Phi) is 4.12. The fourth-order valence-corrected chi connectivity index (χ4v) is 1.79. The van der Waals surface area contributed by atoms with Gasteiger partial charge in [0.2, 0.25) is 0 Å². The van der Waals surface area contributed by atoms with Gasteiger partial charge in [-0.3, -0.25) is 0 Å². The van der Waals surface area contributed by atoms with Crippen LogP contribution in [0.1, 0.15) is 11.4 Å². The van der Waals surface area contributed by atoms with Crippen molar-refractivity contribution < 1.29 is 4.74 Å². The first kappa shape index (κ1) is 12.4. The molecule has 1 aromatic carbocycles. The molecule has 2 rings (SSSR count). The zero-order valence-corrected chi connectivity index (χ0v) is 10.7. The monoisotopic (exact) mass is 243 g/mol. The van der Waals surface area contributed by atoms with Crippen LogP contribution in [0.25, 0.3) is 0 Å². The lowest BCUT2D eigenvalue weighted by molar-refractivity contribution is 0.410. The van der Waals surface area contributed by atoms with Gasteiger partial charge in [-0.1, -0.05) is 18.2 Å². The van der Waals surface area contributed by atoms with Crippen LogP contribution < -0.4 is 10.1 Å². The van der Waals surface area contributed by atoms with Gasteiger partial charge in [0.15, 0.2) is 0 Å². The fourth-order valence-electron chi connectivity index (χ4n) is 1.79. The maximum Gasteiger partial charge on any atom is 0.129 e. The smallest absolute Gasteiger partial charge is 0.129 e. The average molecular weight is 243 g/mol. The molecule has 94 valence electrons. The molecular weight excluding hydrogens is 226 g/mol. The third-order valence-electron chi connectivity index (χ3n) is 2.67. The van der Waals surface area contributed by atoms with Crippen LogP contribution in [0.2, 0.25) is 0 Å². The third kappa shape index (κ3) is 3.20. The Labute approximate surface area is 107 Å². The number of para-hydroxylation sites is 1. The summed E-state index contributed by atoms with van der Waals surface area (Å²) in [4.78, 5) is 8.36. The van der Waals surface area contributed by atoms with E-state index in [1.807, 2.05) is 31.2 Å². The number of hydrogen-bond donors (Lipinski definition) is 1. The molecule has 4 heteroatoms. The number of nitrogens with one attached hydrogen (secondary N) is 1. The summed E-state index contributed by atoms with van der Waals surface area (Å²) in [6.07, 6.45) is 2.65. The van der Waals surface area contributed by atoms with E-state index < -0.39 is 0 Å². The molecule has 1 heterocycles. The fraction of sp³-hybridized carbons (Fsp3) is 0.286. The maximum absolute atomic E-state index is 5.31. The lowest BCUT2D eigenvalue weighted by Crippen LogP contribution is -2.07. The van der Waals surface area contributed by atoms with Crippen molar-refractivity contribution >= 4 is 5.82 Å². The van der Waals surface area contributed by atoms with E-state index in [4.69, 9.17) is 4.74 Å². The number of nitrogens with zero attached hydrogens (tertiary/aromatic N) is 2. The van der Waals surface area contributed by atoms with E-state index in [2.05, 4.69) is 21.4 Å². The number of aromatic nitrogens is 2. The maximum atomic E-state index is 5.31. The quantitative estimate of drug-likeness (QED) is 0.876. The van der Waals surface area contributed by atoms with Crippen molar-refractivity contribution in [1.29, 1.82) is 0 Å². The first-order valence-electron chi connectivity index (χ1n) is 5.95. The van der Waals surface area contributed by atoms with Crippen LogP contribution in [0.15, 0.2) is 36.5 Å². The molecule has 2 aromatic rings. The number of anilines is 1. The molecule has 1 aromatic heterocycles. The Morgan fingerprint density at radius 2 is 2.06 bits per heavy atom. The molecule has 0 amide bonds. The number of methoxy groups -OCH3 is 1. The van der Waals surface area contributed by atoms with Gasteiger partial charge in [-0.25, -0.2) is 9.97 Å². The van der Waals surface area contributed by atoms with Gasteiger partial charge in [-0.2, -0.15) is 0 Å². The minimum absolute atomic E-state index is 0.775. The molecule has 0 aliphatic carbocycles. The van der Waals surface area contributed by atoms with Crippen LogP contribution in [0.5, 0.6) is 5.75 Å². The number of aryl methyl sites for hydroxylation is 1. The van der Waals surface area contributed by atoms with Crippen LogP contribution >= 0.6 is 0 Å². The third-order valence-corrected chi connectivity index (χ3v) is 2.67. The molecule has 4 nitrogen and oxygen atoms in total. The molecular formula is C14H17N3O. The first-order valence-corrected chi connectivity index (χ1v) is 5.95. The summed E-state index contributed by atoms with van der Waals surface area (Å²) in [5.74, 6) is 2.56. The molecule has 0 fully saturated rings. The Morgan fingerprint density at radius 3 is 2.83 bits per heavy atom. The Balaban J connectivity index is 1.92. The molecule has 0 radical (unpaired) electrons. The average Bonchev–Trinajstić information content (AvgIpc) is 2.39. The molecule has 1 N–H and O–H groups in total. The van der Waals surface area contributed by atoms with Gasteiger partial charge in [0.25, 0.3) is 0 Å². The van der Waals surface area contributed by atoms with Crippen molar-refractivity contribution in [3.8, 4) is 5.75 Å². The van der Waals surface area contributed by atoms with E-state index in [1.54, 1.807) is 13.3 Å². The molecule has 18 heavy (non-hydrogen) atoms. The minimum Gasteiger partial charge on any atom is -0.496 e. The topological polar surface area (TPSA) is 47.0 Å². The number of hydrogen-bond acceptors (Lipinski definition) is 4. The lowest BCUT2D eigenvalue weighted by atomic mass is 10.1. The van der Waals surface area contributed by atoms with Gasteiger partial charge in [0, 0.05) is 12.7 Å². The Morgan fingerprint density at radius 1 is 1.22 bits per heavy atom. The second-order valence-corrected chi connectivity index (χ2v) is 3.98. The zero-order chi connectivity index (χ0) is 12.8. The predicted octanol–water partition coefficient (Wildman–Crippen LogP) is 2.45. The summed E-state index contributed by atoms with van der Waals surface area (Å²) < 4.78 is 5.31. The lowest BCUT2D eigenvalue weighted by Gasteiger charge is -2.09.